The molecule has 0 amide bonds. The van der Waals surface area contributed by atoms with E-state index in [0.717, 1.165) is 35.3 Å². The summed E-state index contributed by atoms with van der Waals surface area (Å²) in [6.07, 6.45) is 0.803. The fourth-order valence-electron chi connectivity index (χ4n) is 2.00. The number of thioether (sulfide) groups is 1. The lowest BCUT2D eigenvalue weighted by Crippen LogP contribution is -2.32. The molecule has 0 spiro atoms. The maximum Gasteiger partial charge on any atom is 0.304 e. The zero-order valence-electron chi connectivity index (χ0n) is 11.6. The van der Waals surface area contributed by atoms with Crippen LogP contribution in [-0.2, 0) is 10.0 Å². The van der Waals surface area contributed by atoms with Crippen LogP contribution in [0.1, 0.15) is 13.3 Å². The molecule has 1 N–H and O–H groups in total. The molecule has 10 heteroatoms. The summed E-state index contributed by atoms with van der Waals surface area (Å²) in [7, 11) is -3.64. The molecule has 0 unspecified atom stereocenters. The van der Waals surface area contributed by atoms with Crippen LogP contribution in [0.4, 0.5) is 10.7 Å². The number of anilines is 1. The van der Waals surface area contributed by atoms with Gasteiger partial charge in [0.05, 0.1) is 4.92 Å². The van der Waals surface area contributed by atoms with Gasteiger partial charge in [-0.1, -0.05) is 11.3 Å². The third-order valence-electron chi connectivity index (χ3n) is 3.00. The second-order valence-electron chi connectivity index (χ2n) is 4.44. The number of rotatable bonds is 5. The summed E-state index contributed by atoms with van der Waals surface area (Å²) in [5, 5.41) is 14.2. The lowest BCUT2D eigenvalue weighted by Gasteiger charge is -2.18. The number of thiophene rings is 1. The monoisotopic (exact) mass is 351 g/mol. The van der Waals surface area contributed by atoms with Crippen molar-refractivity contribution in [2.75, 3.05) is 36.5 Å². The lowest BCUT2D eigenvalue weighted by molar-refractivity contribution is -0.383. The Morgan fingerprint density at radius 2 is 2.19 bits per heavy atom. The van der Waals surface area contributed by atoms with Crippen LogP contribution >= 0.6 is 23.1 Å². The van der Waals surface area contributed by atoms with Crippen LogP contribution in [0.2, 0.25) is 0 Å². The Bertz CT molecular complexity index is 606. The molecular weight excluding hydrogens is 334 g/mol. The van der Waals surface area contributed by atoms with Crippen molar-refractivity contribution in [3.63, 3.8) is 0 Å². The van der Waals surface area contributed by atoms with Crippen LogP contribution in [0.15, 0.2) is 10.3 Å². The van der Waals surface area contributed by atoms with Gasteiger partial charge in [-0.2, -0.15) is 16.1 Å². The van der Waals surface area contributed by atoms with E-state index in [9.17, 15) is 18.5 Å². The molecular formula is C11H17N3O4S3. The van der Waals surface area contributed by atoms with Gasteiger partial charge in [-0.05, 0) is 19.1 Å². The van der Waals surface area contributed by atoms with Crippen molar-refractivity contribution >= 4 is 43.8 Å². The third-order valence-corrected chi connectivity index (χ3v) is 7.48. The Kier molecular flexibility index (Phi) is 5.47. The van der Waals surface area contributed by atoms with Crippen LogP contribution in [-0.4, -0.2) is 48.8 Å². The number of nitrogens with one attached hydrogen (secondary N) is 1. The van der Waals surface area contributed by atoms with Crippen LogP contribution in [0.3, 0.4) is 0 Å². The third kappa shape index (κ3) is 3.68. The van der Waals surface area contributed by atoms with Crippen LogP contribution in [0.25, 0.3) is 0 Å². The number of nitrogens with zero attached hydrogens (tertiary/aromatic N) is 2. The van der Waals surface area contributed by atoms with Gasteiger partial charge in [-0.15, -0.1) is 0 Å². The van der Waals surface area contributed by atoms with E-state index in [1.807, 2.05) is 6.92 Å². The molecule has 1 aromatic rings. The molecule has 1 fully saturated rings. The second kappa shape index (κ2) is 6.95. The van der Waals surface area contributed by atoms with Crippen molar-refractivity contribution in [2.24, 2.45) is 0 Å². The first-order valence-corrected chi connectivity index (χ1v) is 9.98. The van der Waals surface area contributed by atoms with Crippen molar-refractivity contribution in [3.05, 3.63) is 16.2 Å². The maximum absolute atomic E-state index is 12.6. The highest BCUT2D eigenvalue weighted by molar-refractivity contribution is 7.99. The first-order valence-electron chi connectivity index (χ1n) is 6.56. The summed E-state index contributed by atoms with van der Waals surface area (Å²) in [6.45, 7) is 3.23. The molecule has 2 heterocycles. The van der Waals surface area contributed by atoms with E-state index in [4.69, 9.17) is 0 Å². The number of nitro groups is 1. The zero-order chi connectivity index (χ0) is 15.5. The number of sulfonamides is 1. The minimum absolute atomic E-state index is 0.0389. The fraction of sp³-hybridized carbons (Fsp3) is 0.636. The van der Waals surface area contributed by atoms with Gasteiger partial charge in [0.1, 0.15) is 4.21 Å². The minimum atomic E-state index is -3.64. The molecule has 0 aliphatic carbocycles. The van der Waals surface area contributed by atoms with Crippen LogP contribution in [0.5, 0.6) is 0 Å². The molecule has 0 aromatic carbocycles. The fourth-order valence-corrected chi connectivity index (χ4v) is 6.03. The van der Waals surface area contributed by atoms with Gasteiger partial charge < -0.3 is 5.32 Å². The molecule has 21 heavy (non-hydrogen) atoms. The smallest absolute Gasteiger partial charge is 0.304 e. The van der Waals surface area contributed by atoms with E-state index in [-0.39, 0.29) is 9.90 Å². The molecule has 1 aliphatic heterocycles. The van der Waals surface area contributed by atoms with E-state index in [2.05, 4.69) is 5.32 Å². The average molecular weight is 351 g/mol. The summed E-state index contributed by atoms with van der Waals surface area (Å²) < 4.78 is 26.7. The normalized spacial score (nSPS) is 17.4. The Labute approximate surface area is 131 Å². The Morgan fingerprint density at radius 1 is 1.43 bits per heavy atom. The summed E-state index contributed by atoms with van der Waals surface area (Å²) in [4.78, 5) is 10.5. The van der Waals surface area contributed by atoms with Gasteiger partial charge in [0.2, 0.25) is 0 Å². The largest absolute Gasteiger partial charge is 0.372 e. The molecule has 1 aliphatic rings. The molecule has 118 valence electrons. The Morgan fingerprint density at radius 3 is 2.86 bits per heavy atom. The van der Waals surface area contributed by atoms with Gasteiger partial charge in [0.15, 0.2) is 5.00 Å². The van der Waals surface area contributed by atoms with Crippen molar-refractivity contribution in [1.82, 2.24) is 4.31 Å². The first-order chi connectivity index (χ1) is 9.96. The van der Waals surface area contributed by atoms with Crippen molar-refractivity contribution in [3.8, 4) is 0 Å². The molecule has 1 saturated heterocycles. The van der Waals surface area contributed by atoms with E-state index < -0.39 is 14.9 Å². The zero-order valence-corrected chi connectivity index (χ0v) is 14.0. The SMILES string of the molecule is CCNc1sc(S(=O)(=O)N2CCCSCC2)cc1[N+](=O)[O-]. The van der Waals surface area contributed by atoms with Crippen LogP contribution in [0, 0.1) is 10.1 Å². The van der Waals surface area contributed by atoms with Gasteiger partial charge >= 0.3 is 5.69 Å². The van der Waals surface area contributed by atoms with E-state index in [1.165, 1.54) is 4.31 Å². The van der Waals surface area contributed by atoms with Crippen LogP contribution < -0.4 is 5.32 Å². The molecule has 0 saturated carbocycles. The molecule has 0 atom stereocenters. The highest BCUT2D eigenvalue weighted by Gasteiger charge is 2.31. The van der Waals surface area contributed by atoms with Gasteiger partial charge in [0, 0.05) is 31.5 Å². The van der Waals surface area contributed by atoms with Gasteiger partial charge in [-0.25, -0.2) is 8.42 Å². The van der Waals surface area contributed by atoms with E-state index in [0.29, 0.717) is 24.6 Å². The molecule has 1 aromatic heterocycles. The predicted octanol–water partition coefficient (Wildman–Crippen LogP) is 2.22. The molecule has 2 rings (SSSR count). The lowest BCUT2D eigenvalue weighted by atomic mass is 10.5. The average Bonchev–Trinajstić information content (AvgIpc) is 2.68. The summed E-state index contributed by atoms with van der Waals surface area (Å²) >= 11 is 2.66. The van der Waals surface area contributed by atoms with Gasteiger partial charge in [0.25, 0.3) is 10.0 Å². The standard InChI is InChI=1S/C11H17N3O4S3/c1-2-12-11-9(14(15)16)8-10(20-11)21(17,18)13-4-3-6-19-7-5-13/h8,12H,2-7H2,1H3. The molecule has 7 nitrogen and oxygen atoms in total. The van der Waals surface area contributed by atoms with E-state index >= 15 is 0 Å². The topological polar surface area (TPSA) is 92.6 Å². The highest BCUT2D eigenvalue weighted by atomic mass is 32.2. The maximum atomic E-state index is 12.6. The van der Waals surface area contributed by atoms with Gasteiger partial charge in [-0.3, -0.25) is 10.1 Å². The Balaban J connectivity index is 2.35. The Hall–Kier alpha value is -0.840. The molecule has 0 radical (unpaired) electrons. The van der Waals surface area contributed by atoms with Crippen molar-refractivity contribution in [2.45, 2.75) is 17.6 Å². The first kappa shape index (κ1) is 16.5. The molecule has 0 bridgehead atoms. The second-order valence-corrected chi connectivity index (χ2v) is 8.88. The summed E-state index contributed by atoms with van der Waals surface area (Å²) in [5.41, 5.74) is -0.176. The summed E-state index contributed by atoms with van der Waals surface area (Å²) in [6, 6.07) is 1.16. The number of hydrogen-bond donors (Lipinski definition) is 1. The quantitative estimate of drug-likeness (QED) is 0.646. The van der Waals surface area contributed by atoms with E-state index in [1.54, 1.807) is 11.8 Å². The van der Waals surface area contributed by atoms with Crippen molar-refractivity contribution < 1.29 is 13.3 Å². The number of hydrogen-bond acceptors (Lipinski definition) is 7. The predicted molar refractivity (Wildman–Crippen MR) is 85.8 cm³/mol. The summed E-state index contributed by atoms with van der Waals surface area (Å²) in [5.74, 6) is 1.70. The highest BCUT2D eigenvalue weighted by Crippen LogP contribution is 2.38. The minimum Gasteiger partial charge on any atom is -0.372 e. The van der Waals surface area contributed by atoms with Crippen molar-refractivity contribution in [1.29, 1.82) is 0 Å².